The predicted octanol–water partition coefficient (Wildman–Crippen LogP) is 12.6. The van der Waals surface area contributed by atoms with Crippen molar-refractivity contribution in [2.45, 2.75) is 117 Å². The molecule has 2 saturated carbocycles. The Bertz CT molecular complexity index is 2100. The van der Waals surface area contributed by atoms with Gasteiger partial charge in [0.25, 0.3) is 0 Å². The van der Waals surface area contributed by atoms with Crippen molar-refractivity contribution in [2.24, 2.45) is 5.92 Å². The molecule has 0 unspecified atom stereocenters. The quantitative estimate of drug-likeness (QED) is 0.153. The smallest absolute Gasteiger partial charge is 0.200 e. The zero-order valence-electron chi connectivity index (χ0n) is 33.6. The van der Waals surface area contributed by atoms with Gasteiger partial charge in [0.2, 0.25) is 7.28 Å². The highest BCUT2D eigenvalue weighted by Crippen LogP contribution is 2.46. The Balaban J connectivity index is 1.34. The molecule has 0 N–H and O–H groups in total. The van der Waals surface area contributed by atoms with E-state index in [2.05, 4.69) is 148 Å². The second-order valence-electron chi connectivity index (χ2n) is 17.3. The third-order valence-electron chi connectivity index (χ3n) is 13.4. The monoisotopic (exact) mass is 710 g/mol. The molecule has 0 aromatic heterocycles. The highest BCUT2D eigenvalue weighted by molar-refractivity contribution is 6.73. The van der Waals surface area contributed by atoms with E-state index in [-0.39, 0.29) is 5.41 Å². The Labute approximate surface area is 326 Å². The SMILES string of the molecule is C=C(/C=C\C(C)=C/C)N(c1ccc(C)cc1)c1cc(C(C)(C)C2=CC=CC2)cc2c1Bc1cc(C3CCCCC3)ccc1N2C1=CC=C(C2CCCC2)C1. The van der Waals surface area contributed by atoms with Crippen LogP contribution in [0.5, 0.6) is 0 Å². The number of aryl methyl sites for hydroxylation is 1. The van der Waals surface area contributed by atoms with Crippen LogP contribution in [0.15, 0.2) is 138 Å². The van der Waals surface area contributed by atoms with Crippen LogP contribution < -0.4 is 20.7 Å². The van der Waals surface area contributed by atoms with Crippen LogP contribution in [0, 0.1) is 12.8 Å². The molecule has 0 bridgehead atoms. The van der Waals surface area contributed by atoms with E-state index in [1.165, 1.54) is 119 Å². The second-order valence-corrected chi connectivity index (χ2v) is 17.3. The average molecular weight is 711 g/mol. The first-order chi connectivity index (χ1) is 26.2. The normalized spacial score (nSPS) is 19.1. The zero-order chi connectivity index (χ0) is 37.4. The number of hydrogen-bond donors (Lipinski definition) is 0. The lowest BCUT2D eigenvalue weighted by Gasteiger charge is -2.40. The first-order valence-electron chi connectivity index (χ1n) is 20.9. The van der Waals surface area contributed by atoms with Crippen LogP contribution in [0.25, 0.3) is 0 Å². The van der Waals surface area contributed by atoms with Crippen molar-refractivity contribution >= 4 is 41.0 Å². The van der Waals surface area contributed by atoms with E-state index in [1.54, 1.807) is 5.57 Å². The van der Waals surface area contributed by atoms with Gasteiger partial charge in [0.1, 0.15) is 0 Å². The number of rotatable bonds is 10. The number of benzene rings is 3. The van der Waals surface area contributed by atoms with Gasteiger partial charge in [-0.05, 0) is 124 Å². The summed E-state index contributed by atoms with van der Waals surface area (Å²) in [4.78, 5) is 5.12. The fourth-order valence-corrected chi connectivity index (χ4v) is 9.78. The minimum absolute atomic E-state index is 0.154. The Morgan fingerprint density at radius 1 is 0.852 bits per heavy atom. The molecule has 3 aromatic rings. The number of anilines is 4. The van der Waals surface area contributed by atoms with Gasteiger partial charge in [-0.1, -0.05) is 141 Å². The minimum Gasteiger partial charge on any atom is -0.315 e. The van der Waals surface area contributed by atoms with Crippen LogP contribution in [0.1, 0.15) is 121 Å². The van der Waals surface area contributed by atoms with E-state index in [4.69, 9.17) is 6.58 Å². The minimum atomic E-state index is -0.154. The molecule has 2 nitrogen and oxygen atoms in total. The summed E-state index contributed by atoms with van der Waals surface area (Å²) in [5.74, 6) is 1.39. The van der Waals surface area contributed by atoms with E-state index >= 15 is 0 Å². The molecule has 4 aliphatic carbocycles. The van der Waals surface area contributed by atoms with E-state index in [1.807, 2.05) is 0 Å². The van der Waals surface area contributed by atoms with Crippen molar-refractivity contribution in [3.63, 3.8) is 0 Å². The van der Waals surface area contributed by atoms with Crippen LogP contribution in [-0.4, -0.2) is 7.28 Å². The van der Waals surface area contributed by atoms with Crippen molar-refractivity contribution < 1.29 is 0 Å². The lowest BCUT2D eigenvalue weighted by Crippen LogP contribution is -2.44. The molecular weight excluding hydrogens is 651 g/mol. The van der Waals surface area contributed by atoms with Gasteiger partial charge in [0, 0.05) is 46.0 Å². The summed E-state index contributed by atoms with van der Waals surface area (Å²) < 4.78 is 0. The first kappa shape index (κ1) is 36.5. The summed E-state index contributed by atoms with van der Waals surface area (Å²) in [5, 5.41) is 0. The van der Waals surface area contributed by atoms with Gasteiger partial charge >= 0.3 is 0 Å². The third-order valence-corrected chi connectivity index (χ3v) is 13.4. The summed E-state index contributed by atoms with van der Waals surface area (Å²) >= 11 is 0. The molecule has 0 radical (unpaired) electrons. The lowest BCUT2D eigenvalue weighted by molar-refractivity contribution is 0.444. The van der Waals surface area contributed by atoms with Crippen LogP contribution >= 0.6 is 0 Å². The fourth-order valence-electron chi connectivity index (χ4n) is 9.78. The highest BCUT2D eigenvalue weighted by atomic mass is 15.2. The maximum Gasteiger partial charge on any atom is 0.200 e. The molecule has 0 atom stereocenters. The van der Waals surface area contributed by atoms with Gasteiger partial charge in [-0.25, -0.2) is 0 Å². The van der Waals surface area contributed by atoms with Crippen LogP contribution in [0.2, 0.25) is 0 Å². The van der Waals surface area contributed by atoms with E-state index < -0.39 is 0 Å². The summed E-state index contributed by atoms with van der Waals surface area (Å²) in [6.07, 6.45) is 32.5. The van der Waals surface area contributed by atoms with E-state index in [9.17, 15) is 0 Å². The molecule has 276 valence electrons. The van der Waals surface area contributed by atoms with Crippen molar-refractivity contribution in [3.8, 4) is 0 Å². The fraction of sp³-hybridized carbons (Fsp3) is 0.373. The van der Waals surface area contributed by atoms with Crippen LogP contribution in [0.3, 0.4) is 0 Å². The van der Waals surface area contributed by atoms with Gasteiger partial charge < -0.3 is 9.80 Å². The highest BCUT2D eigenvalue weighted by Gasteiger charge is 2.36. The molecular formula is C51H59BN2. The van der Waals surface area contributed by atoms with Crippen molar-refractivity contribution in [1.82, 2.24) is 0 Å². The molecule has 0 saturated heterocycles. The summed E-state index contributed by atoms with van der Waals surface area (Å²) in [6, 6.07) is 21.7. The van der Waals surface area contributed by atoms with Gasteiger partial charge in [-0.15, -0.1) is 0 Å². The lowest BCUT2D eigenvalue weighted by atomic mass is 9.58. The number of allylic oxidation sites excluding steroid dienone is 11. The predicted molar refractivity (Wildman–Crippen MR) is 236 cm³/mol. The van der Waals surface area contributed by atoms with Gasteiger partial charge in [0.05, 0.1) is 0 Å². The molecule has 2 fully saturated rings. The zero-order valence-corrected chi connectivity index (χ0v) is 33.6. The summed E-state index contributed by atoms with van der Waals surface area (Å²) in [6.45, 7) is 16.1. The van der Waals surface area contributed by atoms with Gasteiger partial charge in [-0.2, -0.15) is 0 Å². The number of fused-ring (bicyclic) bond motifs is 2. The standard InChI is InChI=1S/C51H59BN2/c1-7-35(2)21-24-37(4)53(44-27-22-36(3)23-28-44)48-33-43(51(5,6)42-19-13-14-20-42)34-49-50(48)52-46-32-41(39-15-9-8-10-16-39)26-30-47(46)54(49)45-29-25-40(31-45)38-17-11-12-18-38/h7,13-14,19,21-30,32-34,38-39,52H,4,8-12,15-18,20,31H2,1-3,5-6H3/b24-21-,35-7-. The Morgan fingerprint density at radius 2 is 1.59 bits per heavy atom. The summed E-state index contributed by atoms with van der Waals surface area (Å²) in [5.41, 5.74) is 18.6. The molecule has 3 heteroatoms. The molecule has 8 rings (SSSR count). The van der Waals surface area contributed by atoms with E-state index in [0.717, 1.165) is 37.4 Å². The third kappa shape index (κ3) is 7.08. The largest absolute Gasteiger partial charge is 0.315 e. The molecule has 1 heterocycles. The maximum absolute atomic E-state index is 4.78. The molecule has 5 aliphatic rings. The van der Waals surface area contributed by atoms with Gasteiger partial charge in [0.15, 0.2) is 0 Å². The van der Waals surface area contributed by atoms with Crippen molar-refractivity contribution in [3.05, 3.63) is 155 Å². The average Bonchev–Trinajstić information content (AvgIpc) is 4.01. The van der Waals surface area contributed by atoms with E-state index in [0.29, 0.717) is 5.92 Å². The molecule has 3 aromatic carbocycles. The molecule has 0 amide bonds. The topological polar surface area (TPSA) is 6.48 Å². The van der Waals surface area contributed by atoms with Crippen LogP contribution in [0.4, 0.5) is 22.7 Å². The number of nitrogens with zero attached hydrogens (tertiary/aromatic N) is 2. The Morgan fingerprint density at radius 3 is 2.31 bits per heavy atom. The second kappa shape index (κ2) is 15.3. The van der Waals surface area contributed by atoms with Crippen molar-refractivity contribution in [1.29, 1.82) is 0 Å². The Kier molecular flexibility index (Phi) is 10.4. The van der Waals surface area contributed by atoms with Crippen molar-refractivity contribution in [2.75, 3.05) is 9.80 Å². The number of hydrogen-bond acceptors (Lipinski definition) is 2. The molecule has 0 spiro atoms. The van der Waals surface area contributed by atoms with Crippen LogP contribution in [-0.2, 0) is 5.41 Å². The van der Waals surface area contributed by atoms with Gasteiger partial charge in [-0.3, -0.25) is 0 Å². The molecule has 1 aliphatic heterocycles. The Hall–Kier alpha value is -4.50. The molecule has 54 heavy (non-hydrogen) atoms. The summed E-state index contributed by atoms with van der Waals surface area (Å²) in [7, 11) is 0.894. The first-order valence-corrected chi connectivity index (χ1v) is 20.9. The maximum atomic E-state index is 4.78.